The van der Waals surface area contributed by atoms with Crippen molar-refractivity contribution in [3.63, 3.8) is 0 Å². The van der Waals surface area contributed by atoms with Gasteiger partial charge < -0.3 is 15.3 Å². The van der Waals surface area contributed by atoms with Crippen molar-refractivity contribution in [2.45, 2.75) is 24.8 Å². The second-order valence-electron chi connectivity index (χ2n) is 6.95. The fourth-order valence-corrected chi connectivity index (χ4v) is 4.80. The number of anilines is 2. The maximum Gasteiger partial charge on any atom is 0.326 e. The van der Waals surface area contributed by atoms with Crippen molar-refractivity contribution in [2.24, 2.45) is 5.92 Å². The van der Waals surface area contributed by atoms with Crippen molar-refractivity contribution in [3.05, 3.63) is 58.1 Å². The third kappa shape index (κ3) is 3.26. The van der Waals surface area contributed by atoms with Crippen LogP contribution in [0, 0.1) is 5.92 Å². The molecule has 3 atom stereocenters. The van der Waals surface area contributed by atoms with Gasteiger partial charge in [0.05, 0.1) is 0 Å². The number of carbonyl (C=O) groups is 2. The number of nitrogens with one attached hydrogen (secondary N) is 1. The second kappa shape index (κ2) is 7.06. The molecule has 0 aromatic heterocycles. The average molecular weight is 405 g/mol. The van der Waals surface area contributed by atoms with E-state index in [4.69, 9.17) is 23.2 Å². The quantitative estimate of drug-likeness (QED) is 0.795. The largest absolute Gasteiger partial charge is 0.480 e. The van der Waals surface area contributed by atoms with Crippen molar-refractivity contribution in [3.8, 4) is 0 Å². The molecule has 1 amide bonds. The van der Waals surface area contributed by atoms with E-state index in [2.05, 4.69) is 5.32 Å². The molecular formula is C20H18Cl2N2O3. The number of carboxylic acid groups (broad SMARTS) is 1. The van der Waals surface area contributed by atoms with Crippen LogP contribution in [0.4, 0.5) is 11.4 Å². The van der Waals surface area contributed by atoms with Crippen LogP contribution in [-0.4, -0.2) is 29.6 Å². The summed E-state index contributed by atoms with van der Waals surface area (Å²) in [6.07, 6.45) is 0.964. The molecule has 2 aromatic rings. The summed E-state index contributed by atoms with van der Waals surface area (Å²) >= 11 is 12.6. The van der Waals surface area contributed by atoms with E-state index in [1.807, 2.05) is 30.3 Å². The van der Waals surface area contributed by atoms with Crippen LogP contribution in [0.3, 0.4) is 0 Å². The molecule has 0 spiro atoms. The molecule has 2 N–H and O–H groups in total. The third-order valence-electron chi connectivity index (χ3n) is 5.38. The number of aliphatic carboxylic acids is 1. The number of rotatable bonds is 3. The smallest absolute Gasteiger partial charge is 0.326 e. The number of hydrogen-bond acceptors (Lipinski definition) is 3. The first-order valence-corrected chi connectivity index (χ1v) is 9.56. The number of hydrogen-bond donors (Lipinski definition) is 2. The molecule has 0 saturated carbocycles. The molecule has 2 aliphatic rings. The Kier molecular flexibility index (Phi) is 4.74. The summed E-state index contributed by atoms with van der Waals surface area (Å²) in [7, 11) is 0. The number of amides is 1. The lowest BCUT2D eigenvalue weighted by Gasteiger charge is -2.34. The normalized spacial score (nSPS) is 24.4. The van der Waals surface area contributed by atoms with E-state index in [-0.39, 0.29) is 17.7 Å². The third-order valence-corrected chi connectivity index (χ3v) is 5.91. The number of nitrogens with zero attached hydrogens (tertiary/aromatic N) is 1. The fourth-order valence-electron chi connectivity index (χ4n) is 4.17. The molecule has 0 aliphatic carbocycles. The SMILES string of the molecule is O=C(O)C1CC(C2CCN(c3ccccc3)C2=O)c2c(Cl)cc(Cl)cc2N1. The van der Waals surface area contributed by atoms with Gasteiger partial charge in [0.1, 0.15) is 6.04 Å². The monoisotopic (exact) mass is 404 g/mol. The van der Waals surface area contributed by atoms with Gasteiger partial charge in [0.25, 0.3) is 0 Å². The van der Waals surface area contributed by atoms with E-state index in [1.54, 1.807) is 17.0 Å². The van der Waals surface area contributed by atoms with Gasteiger partial charge in [0, 0.05) is 39.8 Å². The van der Waals surface area contributed by atoms with Gasteiger partial charge in [-0.3, -0.25) is 4.79 Å². The summed E-state index contributed by atoms with van der Waals surface area (Å²) in [6.45, 7) is 0.607. The number of carboxylic acids is 1. The molecule has 140 valence electrons. The van der Waals surface area contributed by atoms with Gasteiger partial charge in [-0.2, -0.15) is 0 Å². The molecule has 5 nitrogen and oxygen atoms in total. The van der Waals surface area contributed by atoms with E-state index >= 15 is 0 Å². The van der Waals surface area contributed by atoms with Gasteiger partial charge in [-0.25, -0.2) is 4.79 Å². The summed E-state index contributed by atoms with van der Waals surface area (Å²) in [5, 5.41) is 13.4. The van der Waals surface area contributed by atoms with Crippen molar-refractivity contribution < 1.29 is 14.7 Å². The van der Waals surface area contributed by atoms with Gasteiger partial charge in [0.2, 0.25) is 5.91 Å². The average Bonchev–Trinajstić information content (AvgIpc) is 3.02. The Bertz CT molecular complexity index is 904. The van der Waals surface area contributed by atoms with E-state index < -0.39 is 12.0 Å². The molecule has 2 aliphatic heterocycles. The Morgan fingerprint density at radius 1 is 1.15 bits per heavy atom. The van der Waals surface area contributed by atoms with Crippen LogP contribution >= 0.6 is 23.2 Å². The van der Waals surface area contributed by atoms with E-state index in [9.17, 15) is 14.7 Å². The molecule has 4 rings (SSSR count). The van der Waals surface area contributed by atoms with Gasteiger partial charge >= 0.3 is 5.97 Å². The maximum absolute atomic E-state index is 13.2. The predicted octanol–water partition coefficient (Wildman–Crippen LogP) is 4.40. The van der Waals surface area contributed by atoms with Crippen LogP contribution < -0.4 is 10.2 Å². The summed E-state index contributed by atoms with van der Waals surface area (Å²) < 4.78 is 0. The summed E-state index contributed by atoms with van der Waals surface area (Å²) in [4.78, 5) is 26.6. The Labute approximate surface area is 166 Å². The number of benzene rings is 2. The van der Waals surface area contributed by atoms with E-state index in [0.29, 0.717) is 35.1 Å². The second-order valence-corrected chi connectivity index (χ2v) is 7.79. The maximum atomic E-state index is 13.2. The van der Waals surface area contributed by atoms with Gasteiger partial charge in [0.15, 0.2) is 0 Å². The minimum Gasteiger partial charge on any atom is -0.480 e. The summed E-state index contributed by atoms with van der Waals surface area (Å²) in [5.74, 6) is -1.53. The number of fused-ring (bicyclic) bond motifs is 1. The molecular weight excluding hydrogens is 387 g/mol. The lowest BCUT2D eigenvalue weighted by molar-refractivity contribution is -0.138. The Morgan fingerprint density at radius 3 is 2.59 bits per heavy atom. The Hall–Kier alpha value is -2.24. The molecule has 2 aromatic carbocycles. The zero-order valence-electron chi connectivity index (χ0n) is 14.4. The first kappa shape index (κ1) is 18.1. The van der Waals surface area contributed by atoms with Crippen molar-refractivity contribution in [1.29, 1.82) is 0 Å². The Morgan fingerprint density at radius 2 is 1.89 bits per heavy atom. The van der Waals surface area contributed by atoms with Crippen LogP contribution in [0.5, 0.6) is 0 Å². The van der Waals surface area contributed by atoms with Crippen LogP contribution in [0.2, 0.25) is 10.0 Å². The van der Waals surface area contributed by atoms with Crippen LogP contribution in [0.1, 0.15) is 24.3 Å². The van der Waals surface area contributed by atoms with Crippen LogP contribution in [0.15, 0.2) is 42.5 Å². The molecule has 1 saturated heterocycles. The lowest BCUT2D eigenvalue weighted by Crippen LogP contribution is -2.39. The fraction of sp³-hybridized carbons (Fsp3) is 0.300. The standard InChI is InChI=1S/C20H18Cl2N2O3/c21-11-8-15(22)18-14(10-17(20(26)27)23-16(18)9-11)13-6-7-24(19(13)25)12-4-2-1-3-5-12/h1-5,8-9,13-14,17,23H,6-7,10H2,(H,26,27). The summed E-state index contributed by atoms with van der Waals surface area (Å²) in [5.41, 5.74) is 2.24. The molecule has 0 bridgehead atoms. The number of para-hydroxylation sites is 1. The first-order chi connectivity index (χ1) is 13.0. The predicted molar refractivity (Wildman–Crippen MR) is 106 cm³/mol. The zero-order chi connectivity index (χ0) is 19.1. The minimum absolute atomic E-state index is 0.00852. The van der Waals surface area contributed by atoms with E-state index in [0.717, 1.165) is 11.3 Å². The molecule has 7 heteroatoms. The van der Waals surface area contributed by atoms with Crippen molar-refractivity contribution in [1.82, 2.24) is 0 Å². The number of carbonyl (C=O) groups excluding carboxylic acids is 1. The summed E-state index contributed by atoms with van der Waals surface area (Å²) in [6, 6.07) is 12.1. The molecule has 3 unspecified atom stereocenters. The first-order valence-electron chi connectivity index (χ1n) is 8.80. The minimum atomic E-state index is -0.952. The Balaban J connectivity index is 1.71. The van der Waals surface area contributed by atoms with Crippen molar-refractivity contribution in [2.75, 3.05) is 16.8 Å². The highest BCUT2D eigenvalue weighted by Gasteiger charge is 2.44. The number of halogens is 2. The van der Waals surface area contributed by atoms with Gasteiger partial charge in [-0.05, 0) is 42.7 Å². The van der Waals surface area contributed by atoms with Gasteiger partial charge in [-0.15, -0.1) is 0 Å². The van der Waals surface area contributed by atoms with Crippen molar-refractivity contribution >= 4 is 46.5 Å². The van der Waals surface area contributed by atoms with Crippen LogP contribution in [0.25, 0.3) is 0 Å². The molecule has 27 heavy (non-hydrogen) atoms. The van der Waals surface area contributed by atoms with E-state index in [1.165, 1.54) is 0 Å². The van der Waals surface area contributed by atoms with Crippen LogP contribution in [-0.2, 0) is 9.59 Å². The lowest BCUT2D eigenvalue weighted by atomic mass is 9.77. The van der Waals surface area contributed by atoms with Gasteiger partial charge in [-0.1, -0.05) is 41.4 Å². The molecule has 0 radical (unpaired) electrons. The molecule has 1 fully saturated rings. The highest BCUT2D eigenvalue weighted by molar-refractivity contribution is 6.35. The topological polar surface area (TPSA) is 69.6 Å². The molecule has 2 heterocycles. The highest BCUT2D eigenvalue weighted by Crippen LogP contribution is 2.47. The zero-order valence-corrected chi connectivity index (χ0v) is 15.9. The highest BCUT2D eigenvalue weighted by atomic mass is 35.5.